The van der Waals surface area contributed by atoms with E-state index in [9.17, 15) is 9.18 Å². The molecule has 2 aromatic carbocycles. The number of carbonyl (C=O) groups excluding carboxylic acids is 1. The molecule has 0 aliphatic rings. The fourth-order valence-corrected chi connectivity index (χ4v) is 3.26. The minimum Gasteiger partial charge on any atom is -0.470 e. The van der Waals surface area contributed by atoms with E-state index in [4.69, 9.17) is 27.9 Å². The van der Waals surface area contributed by atoms with Gasteiger partial charge in [0.15, 0.2) is 12.5 Å². The van der Waals surface area contributed by atoms with E-state index in [1.807, 2.05) is 0 Å². The number of para-hydroxylation sites is 1. The molecule has 1 amide bonds. The average Bonchev–Trinajstić information content (AvgIpc) is 3.39. The van der Waals surface area contributed by atoms with E-state index < -0.39 is 11.7 Å². The van der Waals surface area contributed by atoms with Crippen molar-refractivity contribution in [3.8, 4) is 5.75 Å². The molecule has 0 radical (unpaired) electrons. The second-order valence-electron chi connectivity index (χ2n) is 6.51. The summed E-state index contributed by atoms with van der Waals surface area (Å²) in [4.78, 5) is 12.7. The maximum atomic E-state index is 13.2. The van der Waals surface area contributed by atoms with Gasteiger partial charge in [-0.25, -0.2) is 9.07 Å². The second-order valence-corrected chi connectivity index (χ2v) is 7.32. The van der Waals surface area contributed by atoms with Crippen LogP contribution in [-0.2, 0) is 13.3 Å². The molecule has 4 rings (SSSR count). The Balaban J connectivity index is 1.40. The van der Waals surface area contributed by atoms with Crippen LogP contribution < -0.4 is 10.1 Å². The lowest BCUT2D eigenvalue weighted by Crippen LogP contribution is -2.20. The Labute approximate surface area is 187 Å². The highest BCUT2D eigenvalue weighted by molar-refractivity contribution is 6.32. The number of hydrogen-bond acceptors (Lipinski definition) is 4. The molecule has 10 heteroatoms. The maximum Gasteiger partial charge on any atom is 0.275 e. The van der Waals surface area contributed by atoms with E-state index in [0.29, 0.717) is 39.4 Å². The number of halogens is 3. The van der Waals surface area contributed by atoms with Gasteiger partial charge >= 0.3 is 0 Å². The Hall–Kier alpha value is -3.36. The van der Waals surface area contributed by atoms with E-state index in [0.717, 1.165) is 0 Å². The molecule has 31 heavy (non-hydrogen) atoms. The van der Waals surface area contributed by atoms with Crippen LogP contribution in [0.3, 0.4) is 0 Å². The zero-order valence-corrected chi connectivity index (χ0v) is 17.5. The van der Waals surface area contributed by atoms with Crippen LogP contribution in [0.5, 0.6) is 5.75 Å². The quantitative estimate of drug-likeness (QED) is 0.428. The van der Waals surface area contributed by atoms with Gasteiger partial charge in [-0.2, -0.15) is 10.2 Å². The van der Waals surface area contributed by atoms with Crippen LogP contribution in [0, 0.1) is 5.82 Å². The summed E-state index contributed by atoms with van der Waals surface area (Å²) in [5, 5.41) is 11.9. The number of aromatic nitrogens is 4. The Kier molecular flexibility index (Phi) is 6.20. The summed E-state index contributed by atoms with van der Waals surface area (Å²) in [5.41, 5.74) is 1.00. The lowest BCUT2D eigenvalue weighted by molar-refractivity contribution is 0.100. The minimum atomic E-state index is -0.405. The minimum absolute atomic E-state index is 0.0109. The smallest absolute Gasteiger partial charge is 0.275 e. The van der Waals surface area contributed by atoms with Crippen LogP contribution in [-0.4, -0.2) is 25.5 Å². The third-order valence-electron chi connectivity index (χ3n) is 4.36. The lowest BCUT2D eigenvalue weighted by Gasteiger charge is -2.10. The van der Waals surface area contributed by atoms with Gasteiger partial charge in [0.1, 0.15) is 17.3 Å². The van der Waals surface area contributed by atoms with E-state index in [1.165, 1.54) is 23.0 Å². The van der Waals surface area contributed by atoms with Crippen molar-refractivity contribution in [3.63, 3.8) is 0 Å². The van der Waals surface area contributed by atoms with Crippen LogP contribution in [0.2, 0.25) is 10.0 Å². The third-order valence-corrected chi connectivity index (χ3v) is 5.02. The Morgan fingerprint density at radius 2 is 1.94 bits per heavy atom. The van der Waals surface area contributed by atoms with Gasteiger partial charge in [0, 0.05) is 23.5 Å². The standard InChI is InChI=1S/C21H16Cl2FN5O2/c22-16-3-1-2-4-19(16)31-13-29-18(7-9-25-29)21(30)26-20-8-10-28(27-20)12-14-5-6-15(24)11-17(14)23/h1-11H,12-13H2,(H,26,27,30). The van der Waals surface area contributed by atoms with Gasteiger partial charge < -0.3 is 10.1 Å². The van der Waals surface area contributed by atoms with Gasteiger partial charge in [-0.1, -0.05) is 41.4 Å². The lowest BCUT2D eigenvalue weighted by atomic mass is 10.2. The first-order valence-electron chi connectivity index (χ1n) is 9.17. The molecule has 7 nitrogen and oxygen atoms in total. The first-order valence-corrected chi connectivity index (χ1v) is 9.93. The fourth-order valence-electron chi connectivity index (χ4n) is 2.84. The summed E-state index contributed by atoms with van der Waals surface area (Å²) in [6, 6.07) is 14.4. The van der Waals surface area contributed by atoms with Crippen molar-refractivity contribution in [2.24, 2.45) is 0 Å². The third kappa shape index (κ3) is 5.04. The Morgan fingerprint density at radius 3 is 2.74 bits per heavy atom. The van der Waals surface area contributed by atoms with Gasteiger partial charge in [0.25, 0.3) is 5.91 Å². The predicted molar refractivity (Wildman–Crippen MR) is 115 cm³/mol. The van der Waals surface area contributed by atoms with Crippen LogP contribution in [0.1, 0.15) is 16.1 Å². The molecule has 0 saturated heterocycles. The van der Waals surface area contributed by atoms with E-state index >= 15 is 0 Å². The summed E-state index contributed by atoms with van der Waals surface area (Å²) in [5.74, 6) is 0.0369. The number of ether oxygens (including phenoxy) is 1. The molecule has 0 bridgehead atoms. The average molecular weight is 460 g/mol. The molecule has 0 fully saturated rings. The van der Waals surface area contributed by atoms with E-state index in [-0.39, 0.29) is 6.73 Å². The van der Waals surface area contributed by atoms with Gasteiger partial charge in [-0.05, 0) is 35.9 Å². The highest BCUT2D eigenvalue weighted by atomic mass is 35.5. The SMILES string of the molecule is O=C(Nc1ccn(Cc2ccc(F)cc2Cl)n1)c1ccnn1COc1ccccc1Cl. The number of nitrogens with zero attached hydrogens (tertiary/aromatic N) is 4. The summed E-state index contributed by atoms with van der Waals surface area (Å²) < 4.78 is 21.8. The number of nitrogens with one attached hydrogen (secondary N) is 1. The summed E-state index contributed by atoms with van der Waals surface area (Å²) in [6.45, 7) is 0.343. The Bertz CT molecular complexity index is 1220. The van der Waals surface area contributed by atoms with Crippen molar-refractivity contribution in [2.75, 3.05) is 5.32 Å². The van der Waals surface area contributed by atoms with Crippen molar-refractivity contribution >= 4 is 34.9 Å². The molecule has 1 N–H and O–H groups in total. The van der Waals surface area contributed by atoms with Crippen molar-refractivity contribution in [1.29, 1.82) is 0 Å². The van der Waals surface area contributed by atoms with Crippen molar-refractivity contribution in [3.05, 3.63) is 94.1 Å². The fraction of sp³-hybridized carbons (Fsp3) is 0.0952. The molecule has 2 aromatic heterocycles. The molecule has 4 aromatic rings. The number of anilines is 1. The number of carbonyl (C=O) groups is 1. The molecular weight excluding hydrogens is 444 g/mol. The molecule has 0 aliphatic carbocycles. The molecule has 0 spiro atoms. The largest absolute Gasteiger partial charge is 0.470 e. The molecule has 2 heterocycles. The van der Waals surface area contributed by atoms with E-state index in [2.05, 4.69) is 15.5 Å². The maximum absolute atomic E-state index is 13.2. The van der Waals surface area contributed by atoms with Crippen molar-refractivity contribution in [1.82, 2.24) is 19.6 Å². The number of hydrogen-bond donors (Lipinski definition) is 1. The van der Waals surface area contributed by atoms with Gasteiger partial charge in [0.2, 0.25) is 0 Å². The number of amides is 1. The normalized spacial score (nSPS) is 10.8. The van der Waals surface area contributed by atoms with E-state index in [1.54, 1.807) is 53.3 Å². The summed E-state index contributed by atoms with van der Waals surface area (Å²) >= 11 is 12.1. The molecule has 158 valence electrons. The van der Waals surface area contributed by atoms with Crippen molar-refractivity contribution < 1.29 is 13.9 Å². The topological polar surface area (TPSA) is 74.0 Å². The highest BCUT2D eigenvalue weighted by Gasteiger charge is 2.15. The number of rotatable bonds is 7. The second kappa shape index (κ2) is 9.20. The molecule has 0 aliphatic heterocycles. The molecule has 0 saturated carbocycles. The van der Waals surface area contributed by atoms with Crippen LogP contribution >= 0.6 is 23.2 Å². The van der Waals surface area contributed by atoms with Crippen LogP contribution in [0.25, 0.3) is 0 Å². The zero-order chi connectivity index (χ0) is 21.8. The van der Waals surface area contributed by atoms with Gasteiger partial charge in [-0.15, -0.1) is 0 Å². The molecular formula is C21H16Cl2FN5O2. The Morgan fingerprint density at radius 1 is 1.10 bits per heavy atom. The summed E-state index contributed by atoms with van der Waals surface area (Å²) in [7, 11) is 0. The zero-order valence-electron chi connectivity index (χ0n) is 16.0. The highest BCUT2D eigenvalue weighted by Crippen LogP contribution is 2.23. The first kappa shape index (κ1) is 20.9. The van der Waals surface area contributed by atoms with Gasteiger partial charge in [0.05, 0.1) is 11.6 Å². The molecule has 0 unspecified atom stereocenters. The number of benzene rings is 2. The predicted octanol–water partition coefficient (Wildman–Crippen LogP) is 4.86. The molecule has 0 atom stereocenters. The van der Waals surface area contributed by atoms with Crippen molar-refractivity contribution in [2.45, 2.75) is 13.3 Å². The first-order chi connectivity index (χ1) is 15.0. The van der Waals surface area contributed by atoms with Crippen LogP contribution in [0.15, 0.2) is 67.0 Å². The summed E-state index contributed by atoms with van der Waals surface area (Å²) in [6.07, 6.45) is 3.19. The monoisotopic (exact) mass is 459 g/mol. The van der Waals surface area contributed by atoms with Crippen LogP contribution in [0.4, 0.5) is 10.2 Å². The van der Waals surface area contributed by atoms with Gasteiger partial charge in [-0.3, -0.25) is 9.48 Å².